The molecule has 6 heteroatoms. The summed E-state index contributed by atoms with van der Waals surface area (Å²) in [5.41, 5.74) is 1.07. The van der Waals surface area contributed by atoms with E-state index in [1.165, 1.54) is 18.2 Å². The van der Waals surface area contributed by atoms with Gasteiger partial charge < -0.3 is 5.32 Å². The highest BCUT2D eigenvalue weighted by Crippen LogP contribution is 2.19. The van der Waals surface area contributed by atoms with Gasteiger partial charge in [-0.2, -0.15) is 8.42 Å². The van der Waals surface area contributed by atoms with Gasteiger partial charge in [-0.1, -0.05) is 6.07 Å². The maximum absolute atomic E-state index is 10.7. The van der Waals surface area contributed by atoms with Crippen LogP contribution < -0.4 is 5.32 Å². The summed E-state index contributed by atoms with van der Waals surface area (Å²) in [7, 11) is -4.22. The zero-order valence-corrected chi connectivity index (χ0v) is 8.21. The fourth-order valence-electron chi connectivity index (χ4n) is 0.981. The Morgan fingerprint density at radius 1 is 1.43 bits per heavy atom. The zero-order valence-electron chi connectivity index (χ0n) is 7.39. The molecular formula is C8H9NO4S. The van der Waals surface area contributed by atoms with Crippen molar-refractivity contribution in [2.75, 3.05) is 5.32 Å². The van der Waals surface area contributed by atoms with Gasteiger partial charge in [-0.05, 0) is 24.6 Å². The number of benzene rings is 1. The van der Waals surface area contributed by atoms with Crippen LogP contribution in [0.3, 0.4) is 0 Å². The van der Waals surface area contributed by atoms with Crippen molar-refractivity contribution in [3.05, 3.63) is 23.8 Å². The summed E-state index contributed by atoms with van der Waals surface area (Å²) >= 11 is 0. The Morgan fingerprint density at radius 3 is 2.57 bits per heavy atom. The normalized spacial score (nSPS) is 11.0. The van der Waals surface area contributed by atoms with Crippen LogP contribution in [-0.4, -0.2) is 19.4 Å². The van der Waals surface area contributed by atoms with E-state index in [9.17, 15) is 13.2 Å². The molecule has 5 nitrogen and oxygen atoms in total. The molecule has 0 aliphatic carbocycles. The Kier molecular flexibility index (Phi) is 2.87. The molecule has 0 heterocycles. The van der Waals surface area contributed by atoms with Crippen molar-refractivity contribution < 1.29 is 17.8 Å². The Bertz CT molecular complexity index is 452. The highest BCUT2D eigenvalue weighted by Gasteiger charge is 2.10. The van der Waals surface area contributed by atoms with E-state index in [2.05, 4.69) is 5.32 Å². The molecule has 2 N–H and O–H groups in total. The first kappa shape index (κ1) is 10.7. The molecular weight excluding hydrogens is 206 g/mol. The molecule has 0 unspecified atom stereocenters. The van der Waals surface area contributed by atoms with Gasteiger partial charge in [0.1, 0.15) is 0 Å². The first-order chi connectivity index (χ1) is 6.45. The molecule has 0 bridgehead atoms. The summed E-state index contributed by atoms with van der Waals surface area (Å²) in [6.07, 6.45) is 0.441. The number of aryl methyl sites for hydroxylation is 1. The second-order valence-corrected chi connectivity index (χ2v) is 4.14. The van der Waals surface area contributed by atoms with E-state index in [4.69, 9.17) is 4.55 Å². The Morgan fingerprint density at radius 2 is 2.07 bits per heavy atom. The van der Waals surface area contributed by atoms with Crippen LogP contribution in [0.2, 0.25) is 0 Å². The predicted octanol–water partition coefficient (Wildman–Crippen LogP) is 0.810. The molecule has 0 aromatic heterocycles. The minimum atomic E-state index is -4.22. The lowest BCUT2D eigenvalue weighted by molar-refractivity contribution is -0.105. The molecule has 76 valence electrons. The van der Waals surface area contributed by atoms with Crippen LogP contribution in [0.25, 0.3) is 0 Å². The van der Waals surface area contributed by atoms with Crippen molar-refractivity contribution in [2.24, 2.45) is 0 Å². The predicted molar refractivity (Wildman–Crippen MR) is 50.7 cm³/mol. The SMILES string of the molecule is Cc1ccc(S(=O)(=O)O)cc1NC=O. The van der Waals surface area contributed by atoms with Crippen LogP contribution in [0.4, 0.5) is 5.69 Å². The molecule has 0 saturated carbocycles. The number of nitrogens with one attached hydrogen (secondary N) is 1. The number of carbonyl (C=O) groups excluding carboxylic acids is 1. The van der Waals surface area contributed by atoms with Crippen molar-refractivity contribution in [1.82, 2.24) is 0 Å². The number of rotatable bonds is 3. The Labute approximate surface area is 81.5 Å². The number of hydrogen-bond donors (Lipinski definition) is 2. The quantitative estimate of drug-likeness (QED) is 0.577. The average Bonchev–Trinajstić information content (AvgIpc) is 2.07. The van der Waals surface area contributed by atoms with E-state index in [-0.39, 0.29) is 4.90 Å². The zero-order chi connectivity index (χ0) is 10.8. The molecule has 0 fully saturated rings. The van der Waals surface area contributed by atoms with Crippen LogP contribution in [0, 0.1) is 6.92 Å². The lowest BCUT2D eigenvalue weighted by Crippen LogP contribution is -2.02. The monoisotopic (exact) mass is 215 g/mol. The molecule has 0 atom stereocenters. The van der Waals surface area contributed by atoms with Gasteiger partial charge in [0.15, 0.2) is 0 Å². The van der Waals surface area contributed by atoms with Gasteiger partial charge >= 0.3 is 0 Å². The molecule has 1 aromatic rings. The third-order valence-electron chi connectivity index (χ3n) is 1.72. The van der Waals surface area contributed by atoms with Crippen LogP contribution >= 0.6 is 0 Å². The van der Waals surface area contributed by atoms with Crippen molar-refractivity contribution in [3.8, 4) is 0 Å². The molecule has 0 radical (unpaired) electrons. The molecule has 1 rings (SSSR count). The minimum Gasteiger partial charge on any atom is -0.328 e. The van der Waals surface area contributed by atoms with Gasteiger partial charge in [0.25, 0.3) is 10.1 Å². The maximum Gasteiger partial charge on any atom is 0.294 e. The minimum absolute atomic E-state index is 0.243. The van der Waals surface area contributed by atoms with Crippen LogP contribution in [0.1, 0.15) is 5.56 Å². The van der Waals surface area contributed by atoms with Crippen LogP contribution in [0.15, 0.2) is 23.1 Å². The molecule has 1 amide bonds. The van der Waals surface area contributed by atoms with E-state index in [0.29, 0.717) is 17.7 Å². The largest absolute Gasteiger partial charge is 0.328 e. The average molecular weight is 215 g/mol. The number of hydrogen-bond acceptors (Lipinski definition) is 3. The van der Waals surface area contributed by atoms with Gasteiger partial charge in [-0.15, -0.1) is 0 Å². The number of carbonyl (C=O) groups is 1. The molecule has 0 aliphatic rings. The standard InChI is InChI=1S/C8H9NO4S/c1-6-2-3-7(14(11,12)13)4-8(6)9-5-10/h2-5H,1H3,(H,9,10)(H,11,12,13). The fourth-order valence-corrected chi connectivity index (χ4v) is 1.49. The molecule has 0 saturated heterocycles. The number of amides is 1. The molecule has 1 aromatic carbocycles. The lowest BCUT2D eigenvalue weighted by atomic mass is 10.2. The van der Waals surface area contributed by atoms with E-state index in [1.54, 1.807) is 6.92 Å². The summed E-state index contributed by atoms with van der Waals surface area (Å²) in [6.45, 7) is 1.71. The maximum atomic E-state index is 10.7. The first-order valence-electron chi connectivity index (χ1n) is 3.73. The summed E-state index contributed by atoms with van der Waals surface area (Å²) in [6, 6.07) is 3.95. The summed E-state index contributed by atoms with van der Waals surface area (Å²) in [4.78, 5) is 9.92. The first-order valence-corrected chi connectivity index (χ1v) is 5.17. The van der Waals surface area contributed by atoms with Crippen molar-refractivity contribution in [2.45, 2.75) is 11.8 Å². The smallest absolute Gasteiger partial charge is 0.294 e. The molecule has 14 heavy (non-hydrogen) atoms. The second kappa shape index (κ2) is 3.77. The Balaban J connectivity index is 3.26. The fraction of sp³-hybridized carbons (Fsp3) is 0.125. The summed E-state index contributed by atoms with van der Waals surface area (Å²) in [5, 5.41) is 2.33. The lowest BCUT2D eigenvalue weighted by Gasteiger charge is -2.05. The van der Waals surface area contributed by atoms with E-state index in [0.717, 1.165) is 0 Å². The summed E-state index contributed by atoms with van der Waals surface area (Å²) in [5.74, 6) is 0. The molecule has 0 aliphatic heterocycles. The van der Waals surface area contributed by atoms with Crippen molar-refractivity contribution in [1.29, 1.82) is 0 Å². The third kappa shape index (κ3) is 2.30. The summed E-state index contributed by atoms with van der Waals surface area (Å²) < 4.78 is 30.2. The second-order valence-electron chi connectivity index (χ2n) is 2.71. The van der Waals surface area contributed by atoms with Crippen molar-refractivity contribution >= 4 is 22.2 Å². The van der Waals surface area contributed by atoms with Gasteiger partial charge in [-0.25, -0.2) is 0 Å². The number of anilines is 1. The van der Waals surface area contributed by atoms with Crippen molar-refractivity contribution in [3.63, 3.8) is 0 Å². The Hall–Kier alpha value is -1.40. The van der Waals surface area contributed by atoms with Gasteiger partial charge in [0, 0.05) is 5.69 Å². The third-order valence-corrected chi connectivity index (χ3v) is 2.57. The van der Waals surface area contributed by atoms with Gasteiger partial charge in [0.05, 0.1) is 4.90 Å². The highest BCUT2D eigenvalue weighted by atomic mass is 32.2. The van der Waals surface area contributed by atoms with E-state index >= 15 is 0 Å². The van der Waals surface area contributed by atoms with Gasteiger partial charge in [0.2, 0.25) is 6.41 Å². The van der Waals surface area contributed by atoms with Gasteiger partial charge in [-0.3, -0.25) is 9.35 Å². The van der Waals surface area contributed by atoms with E-state index in [1.807, 2.05) is 0 Å². The van der Waals surface area contributed by atoms with E-state index < -0.39 is 10.1 Å². The molecule has 0 spiro atoms. The van der Waals surface area contributed by atoms with Crippen LogP contribution in [0.5, 0.6) is 0 Å². The van der Waals surface area contributed by atoms with Crippen LogP contribution in [-0.2, 0) is 14.9 Å². The highest BCUT2D eigenvalue weighted by molar-refractivity contribution is 7.85. The topological polar surface area (TPSA) is 83.5 Å².